The van der Waals surface area contributed by atoms with E-state index in [1.165, 1.54) is 17.7 Å². The van der Waals surface area contributed by atoms with Crippen LogP contribution >= 0.6 is 0 Å². The van der Waals surface area contributed by atoms with Crippen LogP contribution in [0.1, 0.15) is 55.2 Å². The maximum Gasteiger partial charge on any atom is 0.416 e. The SMILES string of the molecule is CNc1nc(NC[C@H](C)c2ccccc2)nc(N[C@H]2CC[C@H](C(=O)NCc3ccc(C(F)(F)F)cc3)CC2)n1. The molecule has 1 heterocycles. The summed E-state index contributed by atoms with van der Waals surface area (Å²) in [6.07, 6.45) is -1.44. The van der Waals surface area contributed by atoms with Crippen LogP contribution in [0.3, 0.4) is 0 Å². The van der Waals surface area contributed by atoms with Crippen molar-refractivity contribution in [2.45, 2.75) is 57.3 Å². The zero-order valence-corrected chi connectivity index (χ0v) is 22.1. The van der Waals surface area contributed by atoms with E-state index in [1.807, 2.05) is 18.2 Å². The molecule has 4 N–H and O–H groups in total. The molecule has 1 atom stereocenters. The fraction of sp³-hybridized carbons (Fsp3) is 0.429. The lowest BCUT2D eigenvalue weighted by atomic mass is 9.85. The fourth-order valence-corrected chi connectivity index (χ4v) is 4.60. The minimum atomic E-state index is -4.37. The first-order valence-electron chi connectivity index (χ1n) is 13.1. The lowest BCUT2D eigenvalue weighted by Crippen LogP contribution is -2.36. The number of halogens is 3. The van der Waals surface area contributed by atoms with E-state index in [4.69, 9.17) is 0 Å². The number of rotatable bonds is 10. The molecule has 0 aliphatic heterocycles. The molecule has 39 heavy (non-hydrogen) atoms. The quantitative estimate of drug-likeness (QED) is 0.271. The molecule has 0 radical (unpaired) electrons. The summed E-state index contributed by atoms with van der Waals surface area (Å²) in [6, 6.07) is 15.2. The van der Waals surface area contributed by atoms with E-state index in [9.17, 15) is 18.0 Å². The molecule has 1 aromatic heterocycles. The van der Waals surface area contributed by atoms with Crippen molar-refractivity contribution in [1.29, 1.82) is 0 Å². The van der Waals surface area contributed by atoms with Gasteiger partial charge in [0.2, 0.25) is 23.8 Å². The van der Waals surface area contributed by atoms with Crippen molar-refractivity contribution in [3.05, 3.63) is 71.3 Å². The van der Waals surface area contributed by atoms with Crippen LogP contribution in [0.25, 0.3) is 0 Å². The van der Waals surface area contributed by atoms with Gasteiger partial charge in [0.15, 0.2) is 0 Å². The van der Waals surface area contributed by atoms with E-state index in [0.29, 0.717) is 42.8 Å². The van der Waals surface area contributed by atoms with E-state index < -0.39 is 11.7 Å². The molecule has 1 fully saturated rings. The van der Waals surface area contributed by atoms with Crippen LogP contribution < -0.4 is 21.3 Å². The summed E-state index contributed by atoms with van der Waals surface area (Å²) in [7, 11) is 1.75. The summed E-state index contributed by atoms with van der Waals surface area (Å²) in [6.45, 7) is 3.01. The number of nitrogens with zero attached hydrogens (tertiary/aromatic N) is 3. The van der Waals surface area contributed by atoms with Gasteiger partial charge in [0.1, 0.15) is 0 Å². The van der Waals surface area contributed by atoms with E-state index in [1.54, 1.807) is 7.05 Å². The van der Waals surface area contributed by atoms with Gasteiger partial charge in [-0.15, -0.1) is 0 Å². The standard InChI is InChI=1S/C28H34F3N7O/c1-18(20-6-4-3-5-7-20)16-34-26-36-25(32-2)37-27(38-26)35-23-14-10-21(11-15-23)24(39)33-17-19-8-12-22(13-9-19)28(29,30)31/h3-9,12-13,18,21,23H,10-11,14-17H2,1-2H3,(H,33,39)(H3,32,34,35,36,37,38)/t18-,21-,23-/m0/s1. The van der Waals surface area contributed by atoms with Crippen molar-refractivity contribution >= 4 is 23.8 Å². The summed E-state index contributed by atoms with van der Waals surface area (Å²) < 4.78 is 38.2. The minimum absolute atomic E-state index is 0.0787. The number of carbonyl (C=O) groups excluding carboxylic acids is 1. The molecule has 0 saturated heterocycles. The molecule has 0 unspecified atom stereocenters. The van der Waals surface area contributed by atoms with Gasteiger partial charge in [0, 0.05) is 32.1 Å². The van der Waals surface area contributed by atoms with Crippen molar-refractivity contribution in [3.63, 3.8) is 0 Å². The minimum Gasteiger partial charge on any atom is -0.357 e. The summed E-state index contributed by atoms with van der Waals surface area (Å²) in [5.41, 5.74) is 1.16. The van der Waals surface area contributed by atoms with Crippen LogP contribution in [-0.4, -0.2) is 40.5 Å². The lowest BCUT2D eigenvalue weighted by Gasteiger charge is -2.28. The third-order valence-corrected chi connectivity index (χ3v) is 6.97. The third-order valence-electron chi connectivity index (χ3n) is 6.97. The zero-order valence-electron chi connectivity index (χ0n) is 22.1. The van der Waals surface area contributed by atoms with E-state index in [-0.39, 0.29) is 30.3 Å². The molecule has 4 rings (SSSR count). The van der Waals surface area contributed by atoms with Gasteiger partial charge in [-0.2, -0.15) is 28.1 Å². The molecule has 0 bridgehead atoms. The second-order valence-corrected chi connectivity index (χ2v) is 9.85. The summed E-state index contributed by atoms with van der Waals surface area (Å²) >= 11 is 0. The first-order chi connectivity index (χ1) is 18.7. The number of aromatic nitrogens is 3. The van der Waals surface area contributed by atoms with Crippen LogP contribution in [-0.2, 0) is 17.5 Å². The Morgan fingerprint density at radius 3 is 2.21 bits per heavy atom. The molecule has 8 nitrogen and oxygen atoms in total. The highest BCUT2D eigenvalue weighted by Gasteiger charge is 2.30. The first-order valence-corrected chi connectivity index (χ1v) is 13.1. The van der Waals surface area contributed by atoms with Gasteiger partial charge in [-0.25, -0.2) is 0 Å². The highest BCUT2D eigenvalue weighted by molar-refractivity contribution is 5.78. The van der Waals surface area contributed by atoms with Gasteiger partial charge in [0.25, 0.3) is 0 Å². The predicted molar refractivity (Wildman–Crippen MR) is 145 cm³/mol. The normalized spacial score (nSPS) is 18.2. The van der Waals surface area contributed by atoms with Gasteiger partial charge in [0.05, 0.1) is 5.56 Å². The van der Waals surface area contributed by atoms with Crippen molar-refractivity contribution in [3.8, 4) is 0 Å². The fourth-order valence-electron chi connectivity index (χ4n) is 4.60. The average molecular weight is 542 g/mol. The number of alkyl halides is 3. The van der Waals surface area contributed by atoms with Gasteiger partial charge in [-0.3, -0.25) is 4.79 Å². The molecule has 1 aliphatic carbocycles. The molecule has 0 spiro atoms. The number of amides is 1. The molecule has 3 aromatic rings. The Hall–Kier alpha value is -3.89. The number of anilines is 3. The van der Waals surface area contributed by atoms with E-state index >= 15 is 0 Å². The number of benzene rings is 2. The number of hydrogen-bond acceptors (Lipinski definition) is 7. The lowest BCUT2D eigenvalue weighted by molar-refractivity contribution is -0.137. The topological polar surface area (TPSA) is 104 Å². The largest absolute Gasteiger partial charge is 0.416 e. The van der Waals surface area contributed by atoms with Crippen LogP contribution in [0.2, 0.25) is 0 Å². The van der Waals surface area contributed by atoms with Gasteiger partial charge >= 0.3 is 6.18 Å². The van der Waals surface area contributed by atoms with Gasteiger partial charge < -0.3 is 21.3 Å². The second kappa shape index (κ2) is 12.8. The summed E-state index contributed by atoms with van der Waals surface area (Å²) in [4.78, 5) is 26.1. The Labute approximate surface area is 226 Å². The van der Waals surface area contributed by atoms with Crippen molar-refractivity contribution in [2.24, 2.45) is 5.92 Å². The van der Waals surface area contributed by atoms with Gasteiger partial charge in [-0.05, 0) is 54.9 Å². The first kappa shape index (κ1) is 28.1. The van der Waals surface area contributed by atoms with E-state index in [2.05, 4.69) is 55.3 Å². The Morgan fingerprint density at radius 1 is 0.923 bits per heavy atom. The molecule has 1 saturated carbocycles. The van der Waals surface area contributed by atoms with Crippen LogP contribution in [0, 0.1) is 5.92 Å². The molecular formula is C28H34F3N7O. The number of carbonyl (C=O) groups is 1. The third kappa shape index (κ3) is 8.05. The maximum absolute atomic E-state index is 12.7. The molecule has 2 aromatic carbocycles. The van der Waals surface area contributed by atoms with Crippen LogP contribution in [0.5, 0.6) is 0 Å². The van der Waals surface area contributed by atoms with Gasteiger partial charge in [-0.1, -0.05) is 49.4 Å². The Bertz CT molecular complexity index is 1210. The van der Waals surface area contributed by atoms with Crippen molar-refractivity contribution in [1.82, 2.24) is 20.3 Å². The maximum atomic E-state index is 12.7. The molecule has 1 aliphatic rings. The number of nitrogens with one attached hydrogen (secondary N) is 4. The predicted octanol–water partition coefficient (Wildman–Crippen LogP) is 5.43. The molecule has 208 valence electrons. The average Bonchev–Trinajstić information content (AvgIpc) is 2.95. The van der Waals surface area contributed by atoms with Crippen LogP contribution in [0.4, 0.5) is 31.0 Å². The summed E-state index contributed by atoms with van der Waals surface area (Å²) in [5.74, 6) is 1.47. The second-order valence-electron chi connectivity index (χ2n) is 9.85. The molecule has 11 heteroatoms. The highest BCUT2D eigenvalue weighted by atomic mass is 19.4. The number of hydrogen-bond donors (Lipinski definition) is 4. The smallest absolute Gasteiger partial charge is 0.357 e. The summed E-state index contributed by atoms with van der Waals surface area (Å²) in [5, 5.41) is 12.5. The Morgan fingerprint density at radius 2 is 1.56 bits per heavy atom. The Balaban J connectivity index is 1.25. The molecule has 1 amide bonds. The van der Waals surface area contributed by atoms with Crippen molar-refractivity contribution in [2.75, 3.05) is 29.5 Å². The zero-order chi connectivity index (χ0) is 27.8. The monoisotopic (exact) mass is 541 g/mol. The van der Waals surface area contributed by atoms with Crippen molar-refractivity contribution < 1.29 is 18.0 Å². The Kier molecular flexibility index (Phi) is 9.21. The highest BCUT2D eigenvalue weighted by Crippen LogP contribution is 2.29. The van der Waals surface area contributed by atoms with Crippen LogP contribution in [0.15, 0.2) is 54.6 Å². The molecular weight excluding hydrogens is 507 g/mol. The van der Waals surface area contributed by atoms with E-state index in [0.717, 1.165) is 25.0 Å².